The van der Waals surface area contributed by atoms with Crippen LogP contribution in [0.25, 0.3) is 11.3 Å². The average Bonchev–Trinajstić information content (AvgIpc) is 3.15. The van der Waals surface area contributed by atoms with Gasteiger partial charge in [0.25, 0.3) is 5.91 Å². The number of amides is 1. The lowest BCUT2D eigenvalue weighted by molar-refractivity contribution is -0.118. The number of benzene rings is 1. The number of carbonyl (C=O) groups excluding carboxylic acids is 1. The summed E-state index contributed by atoms with van der Waals surface area (Å²) in [5.41, 5.74) is 1.62. The molecule has 2 aliphatic rings. The van der Waals surface area contributed by atoms with E-state index >= 15 is 0 Å². The fraction of sp³-hybridized carbons (Fsp3) is 0.333. The van der Waals surface area contributed by atoms with Gasteiger partial charge in [-0.25, -0.2) is 13.8 Å². The second-order valence-corrected chi connectivity index (χ2v) is 8.96. The SMILES string of the molecule is CC1(C)[C@H]2CC[C@]1(c1cccc(NC(=O)CO)n1)c1nnc(-c3c(F)cccc3F)cc12. The van der Waals surface area contributed by atoms with Crippen molar-refractivity contribution in [1.82, 2.24) is 15.2 Å². The first-order valence-electron chi connectivity index (χ1n) is 10.5. The van der Waals surface area contributed by atoms with E-state index in [1.807, 2.05) is 12.1 Å². The normalized spacial score (nSPS) is 22.6. The van der Waals surface area contributed by atoms with Gasteiger partial charge in [-0.15, -0.1) is 5.10 Å². The Bertz CT molecular complexity index is 1230. The third kappa shape index (κ3) is 2.72. The van der Waals surface area contributed by atoms with Crippen molar-refractivity contribution in [3.8, 4) is 11.3 Å². The number of aliphatic hydroxyl groups is 1. The predicted molar refractivity (Wildman–Crippen MR) is 114 cm³/mol. The molecule has 32 heavy (non-hydrogen) atoms. The van der Waals surface area contributed by atoms with Crippen LogP contribution in [-0.4, -0.2) is 32.8 Å². The second kappa shape index (κ2) is 7.13. The number of carbonyl (C=O) groups is 1. The van der Waals surface area contributed by atoms with Crippen LogP contribution in [0.3, 0.4) is 0 Å². The smallest absolute Gasteiger partial charge is 0.251 e. The van der Waals surface area contributed by atoms with E-state index in [0.29, 0.717) is 5.82 Å². The number of fused-ring (bicyclic) bond motifs is 5. The summed E-state index contributed by atoms with van der Waals surface area (Å²) in [6.45, 7) is 3.67. The number of pyridine rings is 1. The van der Waals surface area contributed by atoms with Gasteiger partial charge in [-0.3, -0.25) is 4.79 Å². The molecule has 2 N–H and O–H groups in total. The number of aliphatic hydroxyl groups excluding tert-OH is 1. The highest BCUT2D eigenvalue weighted by Crippen LogP contribution is 2.69. The number of rotatable bonds is 4. The van der Waals surface area contributed by atoms with E-state index < -0.39 is 29.6 Å². The minimum atomic E-state index is -0.676. The molecule has 5 rings (SSSR count). The van der Waals surface area contributed by atoms with Crippen molar-refractivity contribution in [2.75, 3.05) is 11.9 Å². The monoisotopic (exact) mass is 436 g/mol. The Balaban J connectivity index is 1.65. The Kier molecular flexibility index (Phi) is 4.60. The molecule has 1 aromatic carbocycles. The quantitative estimate of drug-likeness (QED) is 0.647. The molecule has 1 fully saturated rings. The summed E-state index contributed by atoms with van der Waals surface area (Å²) in [6.07, 6.45) is 1.67. The third-order valence-corrected chi connectivity index (χ3v) is 7.20. The van der Waals surface area contributed by atoms with E-state index in [9.17, 15) is 13.6 Å². The van der Waals surface area contributed by atoms with Gasteiger partial charge in [0.1, 0.15) is 24.1 Å². The van der Waals surface area contributed by atoms with Crippen LogP contribution in [-0.2, 0) is 10.2 Å². The van der Waals surface area contributed by atoms with E-state index in [1.165, 1.54) is 18.2 Å². The Morgan fingerprint density at radius 2 is 1.88 bits per heavy atom. The van der Waals surface area contributed by atoms with Crippen molar-refractivity contribution in [3.63, 3.8) is 0 Å². The number of halogens is 2. The van der Waals surface area contributed by atoms with Gasteiger partial charge in [0.05, 0.1) is 28.1 Å². The highest BCUT2D eigenvalue weighted by molar-refractivity contribution is 5.90. The standard InChI is InChI=1S/C24H22F2N4O2/c1-23(2)14-9-10-24(23,18-7-4-8-19(27-18)28-20(32)12-31)22-13(14)11-17(29-30-22)21-15(25)5-3-6-16(21)26/h3-8,11,14,31H,9-10,12H2,1-2H3,(H,27,28,32)/t14-,24-/m0/s1. The van der Waals surface area contributed by atoms with Crippen LogP contribution < -0.4 is 5.32 Å². The number of anilines is 1. The van der Waals surface area contributed by atoms with Crippen LogP contribution in [0.2, 0.25) is 0 Å². The van der Waals surface area contributed by atoms with Crippen molar-refractivity contribution in [3.05, 3.63) is 71.1 Å². The predicted octanol–water partition coefficient (Wildman–Crippen LogP) is 3.95. The summed E-state index contributed by atoms with van der Waals surface area (Å²) in [5.74, 6) is -1.42. The number of nitrogens with zero attached hydrogens (tertiary/aromatic N) is 3. The molecule has 2 bridgehead atoms. The van der Waals surface area contributed by atoms with Crippen molar-refractivity contribution in [2.45, 2.75) is 38.0 Å². The highest BCUT2D eigenvalue weighted by atomic mass is 19.1. The Morgan fingerprint density at radius 3 is 2.59 bits per heavy atom. The van der Waals surface area contributed by atoms with Crippen molar-refractivity contribution in [2.24, 2.45) is 5.41 Å². The van der Waals surface area contributed by atoms with Gasteiger partial charge in [0.15, 0.2) is 0 Å². The maximum atomic E-state index is 14.4. The molecule has 8 heteroatoms. The molecule has 6 nitrogen and oxygen atoms in total. The van der Waals surface area contributed by atoms with Gasteiger partial charge in [-0.1, -0.05) is 26.0 Å². The Labute approximate surface area is 183 Å². The fourth-order valence-corrected chi connectivity index (χ4v) is 5.68. The van der Waals surface area contributed by atoms with E-state index in [0.717, 1.165) is 29.8 Å². The molecule has 3 aromatic rings. The van der Waals surface area contributed by atoms with E-state index in [2.05, 4.69) is 34.3 Å². The van der Waals surface area contributed by atoms with Gasteiger partial charge in [-0.05, 0) is 60.1 Å². The molecule has 2 aromatic heterocycles. The number of aromatic nitrogens is 3. The average molecular weight is 436 g/mol. The van der Waals surface area contributed by atoms with Crippen molar-refractivity contribution >= 4 is 11.7 Å². The molecule has 1 saturated carbocycles. The summed E-state index contributed by atoms with van der Waals surface area (Å²) in [6, 6.07) is 10.9. The van der Waals surface area contributed by atoms with Crippen LogP contribution in [0.4, 0.5) is 14.6 Å². The van der Waals surface area contributed by atoms with E-state index in [-0.39, 0.29) is 22.6 Å². The first kappa shape index (κ1) is 20.6. The molecule has 0 aliphatic heterocycles. The molecule has 0 unspecified atom stereocenters. The minimum absolute atomic E-state index is 0.124. The zero-order valence-corrected chi connectivity index (χ0v) is 17.7. The number of hydrogen-bond acceptors (Lipinski definition) is 5. The van der Waals surface area contributed by atoms with Gasteiger partial charge in [0, 0.05) is 0 Å². The van der Waals surface area contributed by atoms with Crippen LogP contribution in [0, 0.1) is 17.0 Å². The maximum absolute atomic E-state index is 14.4. The molecule has 2 heterocycles. The molecular weight excluding hydrogens is 414 g/mol. The van der Waals surface area contributed by atoms with Crippen LogP contribution in [0.15, 0.2) is 42.5 Å². The highest BCUT2D eigenvalue weighted by Gasteiger charge is 2.65. The Hall–Kier alpha value is -3.26. The molecule has 1 amide bonds. The van der Waals surface area contributed by atoms with Gasteiger partial charge < -0.3 is 10.4 Å². The van der Waals surface area contributed by atoms with E-state index in [4.69, 9.17) is 5.11 Å². The first-order valence-corrected chi connectivity index (χ1v) is 10.5. The summed E-state index contributed by atoms with van der Waals surface area (Å²) in [7, 11) is 0. The van der Waals surface area contributed by atoms with Gasteiger partial charge in [0.2, 0.25) is 0 Å². The van der Waals surface area contributed by atoms with Crippen LogP contribution in [0.5, 0.6) is 0 Å². The summed E-state index contributed by atoms with van der Waals surface area (Å²) in [4.78, 5) is 16.3. The largest absolute Gasteiger partial charge is 0.387 e. The van der Waals surface area contributed by atoms with E-state index in [1.54, 1.807) is 12.1 Å². The molecule has 164 valence electrons. The van der Waals surface area contributed by atoms with Crippen molar-refractivity contribution < 1.29 is 18.7 Å². The number of nitrogens with one attached hydrogen (secondary N) is 1. The molecule has 2 aliphatic carbocycles. The first-order chi connectivity index (χ1) is 15.3. The topological polar surface area (TPSA) is 88.0 Å². The van der Waals surface area contributed by atoms with Gasteiger partial charge in [-0.2, -0.15) is 5.10 Å². The molecular formula is C24H22F2N4O2. The number of hydrogen-bond donors (Lipinski definition) is 2. The van der Waals surface area contributed by atoms with Crippen molar-refractivity contribution in [1.29, 1.82) is 0 Å². The fourth-order valence-electron chi connectivity index (χ4n) is 5.68. The van der Waals surface area contributed by atoms with Crippen LogP contribution in [0.1, 0.15) is 49.6 Å². The lowest BCUT2D eigenvalue weighted by atomic mass is 9.66. The molecule has 0 spiro atoms. The Morgan fingerprint density at radius 1 is 1.16 bits per heavy atom. The maximum Gasteiger partial charge on any atom is 0.251 e. The zero-order chi connectivity index (χ0) is 22.7. The molecule has 0 saturated heterocycles. The summed E-state index contributed by atoms with van der Waals surface area (Å²) in [5, 5.41) is 20.3. The zero-order valence-electron chi connectivity index (χ0n) is 17.7. The third-order valence-electron chi connectivity index (χ3n) is 7.20. The lowest BCUT2D eigenvalue weighted by Gasteiger charge is -2.37. The minimum Gasteiger partial charge on any atom is -0.387 e. The summed E-state index contributed by atoms with van der Waals surface area (Å²) >= 11 is 0. The van der Waals surface area contributed by atoms with Crippen LogP contribution >= 0.6 is 0 Å². The second-order valence-electron chi connectivity index (χ2n) is 8.96. The van der Waals surface area contributed by atoms with Gasteiger partial charge >= 0.3 is 0 Å². The molecule has 0 radical (unpaired) electrons. The molecule has 2 atom stereocenters. The lowest BCUT2D eigenvalue weighted by Crippen LogP contribution is -2.38. The summed E-state index contributed by atoms with van der Waals surface area (Å²) < 4.78 is 28.8.